The van der Waals surface area contributed by atoms with Crippen LogP contribution in [-0.4, -0.2) is 0 Å². The zero-order valence-corrected chi connectivity index (χ0v) is 19.2. The molecule has 0 spiro atoms. The molecule has 0 bridgehead atoms. The van der Waals surface area contributed by atoms with E-state index in [0.717, 1.165) is 0 Å². The maximum atomic E-state index is 2.35. The molecule has 0 nitrogen and oxygen atoms in total. The molecule has 0 aliphatic carbocycles. The summed E-state index contributed by atoms with van der Waals surface area (Å²) in [4.78, 5) is 0. The number of benzene rings is 3. The van der Waals surface area contributed by atoms with E-state index >= 15 is 0 Å². The van der Waals surface area contributed by atoms with E-state index in [1.807, 2.05) is 0 Å². The van der Waals surface area contributed by atoms with Gasteiger partial charge in [-0.05, 0) is 93.4 Å². The van der Waals surface area contributed by atoms with Crippen LogP contribution in [0, 0.1) is 41.5 Å². The molecule has 0 atom stereocenters. The molecule has 0 fully saturated rings. The highest BCUT2D eigenvalue weighted by atomic mass is 31.1. The lowest BCUT2D eigenvalue weighted by Gasteiger charge is -2.22. The van der Waals surface area contributed by atoms with E-state index in [1.165, 1.54) is 68.6 Å². The largest absolute Gasteiger partial charge is 0.0932 e. The van der Waals surface area contributed by atoms with E-state index in [1.54, 1.807) is 0 Å². The maximum Gasteiger partial charge on any atom is -0.00645 e. The van der Waals surface area contributed by atoms with Crippen LogP contribution in [0.15, 0.2) is 54.6 Å². The minimum absolute atomic E-state index is 0.167. The molecule has 0 saturated heterocycles. The molecule has 146 valence electrons. The Morgan fingerprint density at radius 3 is 1.00 bits per heavy atom. The topological polar surface area (TPSA) is 0 Å². The van der Waals surface area contributed by atoms with Crippen LogP contribution in [0.5, 0.6) is 0 Å². The fourth-order valence-corrected chi connectivity index (χ4v) is 6.81. The van der Waals surface area contributed by atoms with Gasteiger partial charge >= 0.3 is 0 Å². The highest BCUT2D eigenvalue weighted by Gasteiger charge is 2.15. The van der Waals surface area contributed by atoms with Gasteiger partial charge in [-0.25, -0.2) is 0 Å². The van der Waals surface area contributed by atoms with Crippen LogP contribution < -0.4 is 0 Å². The average Bonchev–Trinajstić information content (AvgIpc) is 2.62. The molecule has 0 radical (unpaired) electrons. The van der Waals surface area contributed by atoms with Gasteiger partial charge in [0.2, 0.25) is 0 Å². The first kappa shape index (κ1) is 20.8. The summed E-state index contributed by atoms with van der Waals surface area (Å²) < 4.78 is 0. The lowest BCUT2D eigenvalue weighted by molar-refractivity contribution is 1.19. The smallest absolute Gasteiger partial charge is 0.00645 e. The molecular weight excluding hydrogens is 355 g/mol. The number of hydrogen-bond donors (Lipinski definition) is 0. The van der Waals surface area contributed by atoms with Crippen molar-refractivity contribution in [3.8, 4) is 0 Å². The first-order valence-electron chi connectivity index (χ1n) is 10.2. The Kier molecular flexibility index (Phi) is 6.73. The second kappa shape index (κ2) is 9.06. The van der Waals surface area contributed by atoms with Crippen LogP contribution in [0.2, 0.25) is 0 Å². The van der Waals surface area contributed by atoms with Crippen LogP contribution in [0.4, 0.5) is 0 Å². The van der Waals surface area contributed by atoms with Gasteiger partial charge in [0.05, 0.1) is 0 Å². The Balaban J connectivity index is 1.90. The molecule has 0 unspecified atom stereocenters. The molecule has 0 aromatic heterocycles. The Morgan fingerprint density at radius 1 is 0.464 bits per heavy atom. The van der Waals surface area contributed by atoms with Crippen LogP contribution in [0.1, 0.15) is 50.1 Å². The zero-order chi connectivity index (χ0) is 20.3. The predicted molar refractivity (Wildman–Crippen MR) is 126 cm³/mol. The van der Waals surface area contributed by atoms with Crippen molar-refractivity contribution in [3.63, 3.8) is 0 Å². The van der Waals surface area contributed by atoms with Gasteiger partial charge in [-0.1, -0.05) is 79.2 Å². The van der Waals surface area contributed by atoms with E-state index < -0.39 is 0 Å². The van der Waals surface area contributed by atoms with Gasteiger partial charge in [-0.15, -0.1) is 0 Å². The van der Waals surface area contributed by atoms with Crippen molar-refractivity contribution in [2.75, 3.05) is 0 Å². The molecule has 0 amide bonds. The molecule has 0 saturated carbocycles. The van der Waals surface area contributed by atoms with Gasteiger partial charge in [-0.2, -0.15) is 0 Å². The van der Waals surface area contributed by atoms with Crippen molar-refractivity contribution in [1.29, 1.82) is 0 Å². The number of rotatable bonds is 6. The second-order valence-corrected chi connectivity index (χ2v) is 10.7. The summed E-state index contributed by atoms with van der Waals surface area (Å²) in [6.07, 6.45) is 3.59. The highest BCUT2D eigenvalue weighted by molar-refractivity contribution is 7.55. The van der Waals surface area contributed by atoms with Gasteiger partial charge in [0.15, 0.2) is 0 Å². The molecule has 28 heavy (non-hydrogen) atoms. The third-order valence-electron chi connectivity index (χ3n) is 5.68. The lowest BCUT2D eigenvalue weighted by atomic mass is 10.1. The summed E-state index contributed by atoms with van der Waals surface area (Å²) in [5, 5.41) is 0. The molecule has 0 heterocycles. The van der Waals surface area contributed by atoms with Gasteiger partial charge in [-0.3, -0.25) is 0 Å². The third kappa shape index (κ3) is 5.33. The monoisotopic (exact) mass is 388 g/mol. The Labute approximate surface area is 172 Å². The van der Waals surface area contributed by atoms with Gasteiger partial charge in [0.25, 0.3) is 0 Å². The minimum Gasteiger partial charge on any atom is -0.0932 e. The Bertz CT molecular complexity index is 841. The number of hydrogen-bond acceptors (Lipinski definition) is 0. The van der Waals surface area contributed by atoms with Crippen molar-refractivity contribution in [2.45, 2.75) is 60.0 Å². The summed E-state index contributed by atoms with van der Waals surface area (Å²) in [7, 11) is -0.167. The molecule has 1 heteroatoms. The molecular formula is C27H33P. The van der Waals surface area contributed by atoms with E-state index in [9.17, 15) is 0 Å². The Hall–Kier alpha value is -1.91. The van der Waals surface area contributed by atoms with E-state index in [2.05, 4.69) is 96.1 Å². The predicted octanol–water partition coefficient (Wildman–Crippen LogP) is 7.92. The van der Waals surface area contributed by atoms with Crippen molar-refractivity contribution < 1.29 is 0 Å². The zero-order valence-electron chi connectivity index (χ0n) is 18.3. The number of aryl methyl sites for hydroxylation is 6. The van der Waals surface area contributed by atoms with Gasteiger partial charge < -0.3 is 0 Å². The molecule has 0 N–H and O–H groups in total. The molecule has 0 aliphatic rings. The quantitative estimate of drug-likeness (QED) is 0.376. The van der Waals surface area contributed by atoms with Crippen molar-refractivity contribution >= 4 is 7.92 Å². The van der Waals surface area contributed by atoms with Gasteiger partial charge in [0, 0.05) is 0 Å². The van der Waals surface area contributed by atoms with Crippen LogP contribution in [0.3, 0.4) is 0 Å². The van der Waals surface area contributed by atoms with Crippen LogP contribution in [0.25, 0.3) is 0 Å². The third-order valence-corrected chi connectivity index (χ3v) is 8.04. The van der Waals surface area contributed by atoms with E-state index in [4.69, 9.17) is 0 Å². The lowest BCUT2D eigenvalue weighted by Crippen LogP contribution is -1.98. The first-order valence-corrected chi connectivity index (χ1v) is 12.1. The Morgan fingerprint density at radius 2 is 0.750 bits per heavy atom. The fourth-order valence-electron chi connectivity index (χ4n) is 3.96. The molecule has 0 aliphatic heterocycles. The summed E-state index contributed by atoms with van der Waals surface area (Å²) >= 11 is 0. The summed E-state index contributed by atoms with van der Waals surface area (Å²) in [6.45, 7) is 13.4. The summed E-state index contributed by atoms with van der Waals surface area (Å²) in [5.74, 6) is 0. The average molecular weight is 389 g/mol. The summed E-state index contributed by atoms with van der Waals surface area (Å²) in [6, 6.07) is 20.8. The summed E-state index contributed by atoms with van der Waals surface area (Å²) in [5.41, 5.74) is 12.9. The van der Waals surface area contributed by atoms with Gasteiger partial charge in [0.1, 0.15) is 0 Å². The van der Waals surface area contributed by atoms with Crippen molar-refractivity contribution in [3.05, 3.63) is 105 Å². The van der Waals surface area contributed by atoms with Crippen LogP contribution in [-0.2, 0) is 18.5 Å². The first-order chi connectivity index (χ1) is 13.3. The molecule has 3 aromatic carbocycles. The van der Waals surface area contributed by atoms with E-state index in [-0.39, 0.29) is 7.92 Å². The molecule has 3 aromatic rings. The standard InChI is InChI=1S/C27H33P/c1-19-7-10-25(22(4)13-19)16-28(17-26-11-8-20(2)14-23(26)5)18-27-12-9-21(3)15-24(27)6/h7-15H,16-18H2,1-6H3. The minimum atomic E-state index is -0.167. The molecule has 3 rings (SSSR count). The van der Waals surface area contributed by atoms with Crippen molar-refractivity contribution in [1.82, 2.24) is 0 Å². The SMILES string of the molecule is Cc1ccc(CP(Cc2ccc(C)cc2C)Cc2ccc(C)cc2C)c(C)c1. The second-order valence-electron chi connectivity index (χ2n) is 8.43. The van der Waals surface area contributed by atoms with Crippen molar-refractivity contribution in [2.24, 2.45) is 0 Å². The fraction of sp³-hybridized carbons (Fsp3) is 0.333. The maximum absolute atomic E-state index is 2.35. The highest BCUT2D eigenvalue weighted by Crippen LogP contribution is 2.48. The van der Waals surface area contributed by atoms with Crippen LogP contribution >= 0.6 is 7.92 Å². The van der Waals surface area contributed by atoms with E-state index in [0.29, 0.717) is 0 Å². The normalized spacial score (nSPS) is 11.2.